The van der Waals surface area contributed by atoms with Crippen LogP contribution in [0.5, 0.6) is 0 Å². The Morgan fingerprint density at radius 3 is 2.64 bits per heavy atom. The summed E-state index contributed by atoms with van der Waals surface area (Å²) in [6.45, 7) is 1.44. The molecular weight excluding hydrogens is 358 g/mol. The van der Waals surface area contributed by atoms with Crippen LogP contribution in [-0.4, -0.2) is 47.9 Å². The Balaban J connectivity index is 1.43. The summed E-state index contributed by atoms with van der Waals surface area (Å²) in [7, 11) is 0. The van der Waals surface area contributed by atoms with E-state index < -0.39 is 5.66 Å². The van der Waals surface area contributed by atoms with Crippen LogP contribution in [0.2, 0.25) is 0 Å². The number of carbonyl (C=O) groups excluding carboxylic acids is 3. The molecule has 1 fully saturated rings. The first-order chi connectivity index (χ1) is 13.5. The van der Waals surface area contributed by atoms with E-state index in [0.29, 0.717) is 50.9 Å². The minimum Gasteiger partial charge on any atom is -0.353 e. The summed E-state index contributed by atoms with van der Waals surface area (Å²) in [5.41, 5.74) is 0.971. The third-order valence-electron chi connectivity index (χ3n) is 4.82. The first-order valence-electron chi connectivity index (χ1n) is 9.30. The van der Waals surface area contributed by atoms with Crippen molar-refractivity contribution in [1.29, 1.82) is 0 Å². The number of benzene rings is 1. The van der Waals surface area contributed by atoms with E-state index in [9.17, 15) is 14.4 Å². The van der Waals surface area contributed by atoms with Crippen LogP contribution in [-0.2, 0) is 16.1 Å². The van der Waals surface area contributed by atoms with Crippen molar-refractivity contribution in [3.05, 3.63) is 35.4 Å². The number of terminal acetylenes is 1. The SMILES string of the molecule is C#CCCC1(CCC(=O)NCc2ccc(C(=O)N3CCNC(=O)C3)cc2)N=N1. The molecule has 8 heteroatoms. The highest BCUT2D eigenvalue weighted by molar-refractivity contribution is 5.97. The van der Waals surface area contributed by atoms with Crippen LogP contribution in [0.25, 0.3) is 0 Å². The molecule has 1 aromatic rings. The molecule has 0 spiro atoms. The summed E-state index contributed by atoms with van der Waals surface area (Å²) in [5.74, 6) is 2.18. The van der Waals surface area contributed by atoms with E-state index >= 15 is 0 Å². The molecule has 2 heterocycles. The zero-order chi connectivity index (χ0) is 20.0. The number of rotatable bonds is 8. The van der Waals surface area contributed by atoms with Crippen LogP contribution in [0.4, 0.5) is 0 Å². The molecule has 1 saturated heterocycles. The highest BCUT2D eigenvalue weighted by atomic mass is 16.2. The van der Waals surface area contributed by atoms with Crippen LogP contribution in [0.15, 0.2) is 34.5 Å². The first kappa shape index (κ1) is 19.5. The fourth-order valence-electron chi connectivity index (χ4n) is 3.03. The zero-order valence-corrected chi connectivity index (χ0v) is 15.6. The fraction of sp³-hybridized carbons (Fsp3) is 0.450. The van der Waals surface area contributed by atoms with E-state index in [1.807, 2.05) is 0 Å². The molecule has 0 aromatic heterocycles. The Bertz CT molecular complexity index is 819. The highest BCUT2D eigenvalue weighted by Gasteiger charge is 2.39. The molecule has 0 saturated carbocycles. The van der Waals surface area contributed by atoms with Crippen molar-refractivity contribution in [3.8, 4) is 12.3 Å². The van der Waals surface area contributed by atoms with Crippen LogP contribution < -0.4 is 10.6 Å². The van der Waals surface area contributed by atoms with Crippen molar-refractivity contribution in [3.63, 3.8) is 0 Å². The predicted octanol–water partition coefficient (Wildman–Crippen LogP) is 1.23. The standard InChI is InChI=1S/C20H23N5O3/c1-2-3-9-20(23-24-20)10-8-17(26)22-13-15-4-6-16(7-5-15)19(28)25-12-11-21-18(27)14-25/h1,4-7H,3,8-14H2,(H,21,27)(H,22,26). The molecular formula is C20H23N5O3. The largest absolute Gasteiger partial charge is 0.353 e. The molecule has 0 unspecified atom stereocenters. The van der Waals surface area contributed by atoms with Gasteiger partial charge >= 0.3 is 0 Å². The maximum absolute atomic E-state index is 12.4. The molecule has 146 valence electrons. The topological polar surface area (TPSA) is 103 Å². The molecule has 0 atom stereocenters. The Morgan fingerprint density at radius 1 is 1.25 bits per heavy atom. The van der Waals surface area contributed by atoms with Gasteiger partial charge in [0.1, 0.15) is 0 Å². The number of piperazine rings is 1. The lowest BCUT2D eigenvalue weighted by Gasteiger charge is -2.26. The van der Waals surface area contributed by atoms with Gasteiger partial charge in [0.05, 0.1) is 6.54 Å². The summed E-state index contributed by atoms with van der Waals surface area (Å²) in [6.07, 6.45) is 7.44. The average molecular weight is 381 g/mol. The lowest BCUT2D eigenvalue weighted by Crippen LogP contribution is -2.49. The van der Waals surface area contributed by atoms with Gasteiger partial charge in [0.15, 0.2) is 5.66 Å². The van der Waals surface area contributed by atoms with Gasteiger partial charge in [0.25, 0.3) is 5.91 Å². The van der Waals surface area contributed by atoms with Gasteiger partial charge in [-0.05, 0) is 17.7 Å². The molecule has 0 aliphatic carbocycles. The Kier molecular flexibility index (Phi) is 6.04. The lowest BCUT2D eigenvalue weighted by molar-refractivity contribution is -0.123. The molecule has 28 heavy (non-hydrogen) atoms. The van der Waals surface area contributed by atoms with Crippen molar-refractivity contribution in [2.75, 3.05) is 19.6 Å². The van der Waals surface area contributed by atoms with Crippen molar-refractivity contribution in [2.24, 2.45) is 10.2 Å². The van der Waals surface area contributed by atoms with E-state index in [1.165, 1.54) is 4.90 Å². The predicted molar refractivity (Wildman–Crippen MR) is 102 cm³/mol. The number of hydrogen-bond donors (Lipinski definition) is 2. The molecule has 1 aromatic carbocycles. The minimum absolute atomic E-state index is 0.0723. The maximum Gasteiger partial charge on any atom is 0.254 e. The van der Waals surface area contributed by atoms with E-state index in [2.05, 4.69) is 26.8 Å². The molecule has 2 aliphatic rings. The molecule has 0 bridgehead atoms. The number of carbonyl (C=O) groups is 3. The van der Waals surface area contributed by atoms with Gasteiger partial charge in [-0.2, -0.15) is 10.2 Å². The summed E-state index contributed by atoms with van der Waals surface area (Å²) < 4.78 is 0. The third kappa shape index (κ3) is 5.16. The number of amides is 3. The summed E-state index contributed by atoms with van der Waals surface area (Å²) in [4.78, 5) is 37.4. The molecule has 2 aliphatic heterocycles. The molecule has 3 amide bonds. The van der Waals surface area contributed by atoms with Crippen LogP contribution in [0, 0.1) is 12.3 Å². The number of hydrogen-bond acceptors (Lipinski definition) is 5. The summed E-state index contributed by atoms with van der Waals surface area (Å²) >= 11 is 0. The second-order valence-corrected chi connectivity index (χ2v) is 6.94. The van der Waals surface area contributed by atoms with Crippen molar-refractivity contribution in [2.45, 2.75) is 37.9 Å². The van der Waals surface area contributed by atoms with E-state index in [4.69, 9.17) is 6.42 Å². The Hall–Kier alpha value is -3.21. The Morgan fingerprint density at radius 2 is 2.00 bits per heavy atom. The van der Waals surface area contributed by atoms with Crippen LogP contribution in [0.3, 0.4) is 0 Å². The van der Waals surface area contributed by atoms with Crippen molar-refractivity contribution < 1.29 is 14.4 Å². The van der Waals surface area contributed by atoms with Gasteiger partial charge in [-0.15, -0.1) is 12.3 Å². The smallest absolute Gasteiger partial charge is 0.254 e. The molecule has 3 rings (SSSR count). The fourth-order valence-corrected chi connectivity index (χ4v) is 3.03. The quantitative estimate of drug-likeness (QED) is 0.662. The molecule has 8 nitrogen and oxygen atoms in total. The lowest BCUT2D eigenvalue weighted by atomic mass is 10.0. The Labute approximate surface area is 163 Å². The average Bonchev–Trinajstić information content (AvgIpc) is 3.49. The van der Waals surface area contributed by atoms with Gasteiger partial charge in [-0.3, -0.25) is 14.4 Å². The van der Waals surface area contributed by atoms with Gasteiger partial charge in [0, 0.05) is 50.9 Å². The van der Waals surface area contributed by atoms with Gasteiger partial charge in [-0.25, -0.2) is 0 Å². The second kappa shape index (κ2) is 8.65. The normalized spacial score (nSPS) is 16.8. The van der Waals surface area contributed by atoms with Crippen LogP contribution >= 0.6 is 0 Å². The van der Waals surface area contributed by atoms with Crippen molar-refractivity contribution in [1.82, 2.24) is 15.5 Å². The summed E-state index contributed by atoms with van der Waals surface area (Å²) in [6, 6.07) is 7.04. The van der Waals surface area contributed by atoms with E-state index in [1.54, 1.807) is 24.3 Å². The first-order valence-corrected chi connectivity index (χ1v) is 9.30. The highest BCUT2D eigenvalue weighted by Crippen LogP contribution is 2.37. The monoisotopic (exact) mass is 381 g/mol. The van der Waals surface area contributed by atoms with Gasteiger partial charge in [-0.1, -0.05) is 12.1 Å². The number of nitrogens with zero attached hydrogens (tertiary/aromatic N) is 3. The van der Waals surface area contributed by atoms with Crippen LogP contribution in [0.1, 0.15) is 41.6 Å². The van der Waals surface area contributed by atoms with E-state index in [-0.39, 0.29) is 24.3 Å². The zero-order valence-electron chi connectivity index (χ0n) is 15.6. The summed E-state index contributed by atoms with van der Waals surface area (Å²) in [5, 5.41) is 13.6. The second-order valence-electron chi connectivity index (χ2n) is 6.94. The number of nitrogens with one attached hydrogen (secondary N) is 2. The molecule has 2 N–H and O–H groups in total. The van der Waals surface area contributed by atoms with Crippen molar-refractivity contribution >= 4 is 17.7 Å². The molecule has 0 radical (unpaired) electrons. The maximum atomic E-state index is 12.4. The third-order valence-corrected chi connectivity index (χ3v) is 4.82. The van der Waals surface area contributed by atoms with Gasteiger partial charge < -0.3 is 15.5 Å². The minimum atomic E-state index is -0.447. The van der Waals surface area contributed by atoms with E-state index in [0.717, 1.165) is 5.56 Å². The van der Waals surface area contributed by atoms with Gasteiger partial charge in [0.2, 0.25) is 11.8 Å².